The van der Waals surface area contributed by atoms with Crippen molar-refractivity contribution in [2.24, 2.45) is 11.7 Å². The number of hydrogen-bond acceptors (Lipinski definition) is 4. The van der Waals surface area contributed by atoms with Crippen LogP contribution in [0.5, 0.6) is 0 Å². The second kappa shape index (κ2) is 7.92. The van der Waals surface area contributed by atoms with Crippen molar-refractivity contribution in [3.05, 3.63) is 41.0 Å². The molecule has 0 bridgehead atoms. The molecule has 30 heavy (non-hydrogen) atoms. The van der Waals surface area contributed by atoms with Crippen LogP contribution in [-0.4, -0.2) is 28.0 Å². The Morgan fingerprint density at radius 3 is 2.60 bits per heavy atom. The Kier molecular flexibility index (Phi) is 5.46. The van der Waals surface area contributed by atoms with Crippen molar-refractivity contribution in [2.45, 2.75) is 65.3 Å². The van der Waals surface area contributed by atoms with Crippen molar-refractivity contribution in [1.82, 2.24) is 9.38 Å². The number of pyridine rings is 1. The number of benzene rings is 1. The fourth-order valence-corrected chi connectivity index (χ4v) is 4.65. The summed E-state index contributed by atoms with van der Waals surface area (Å²) in [5.41, 5.74) is 12.1. The molecule has 1 aliphatic heterocycles. The van der Waals surface area contributed by atoms with Gasteiger partial charge in [0, 0.05) is 24.5 Å². The molecule has 1 saturated heterocycles. The summed E-state index contributed by atoms with van der Waals surface area (Å²) in [6, 6.07) is 10.7. The molecule has 1 aromatic carbocycles. The number of unbranched alkanes of at least 4 members (excludes halogenated alkanes) is 3. The molecule has 4 rings (SSSR count). The van der Waals surface area contributed by atoms with Gasteiger partial charge in [-0.05, 0) is 56.9 Å². The highest BCUT2D eigenvalue weighted by Gasteiger charge is 2.39. The van der Waals surface area contributed by atoms with E-state index < -0.39 is 0 Å². The van der Waals surface area contributed by atoms with Crippen LogP contribution >= 0.6 is 0 Å². The smallest absolute Gasteiger partial charge is 0.157 e. The Morgan fingerprint density at radius 1 is 1.20 bits per heavy atom. The monoisotopic (exact) mass is 403 g/mol. The van der Waals surface area contributed by atoms with Crippen molar-refractivity contribution >= 4 is 22.5 Å². The van der Waals surface area contributed by atoms with Gasteiger partial charge in [0.2, 0.25) is 0 Å². The van der Waals surface area contributed by atoms with Crippen LogP contribution in [0.4, 0.5) is 5.82 Å². The van der Waals surface area contributed by atoms with Crippen LogP contribution < -0.4 is 10.6 Å². The fraction of sp³-hybridized carbons (Fsp3) is 0.520. The average molecular weight is 404 g/mol. The Balaban J connectivity index is 1.90. The van der Waals surface area contributed by atoms with Crippen molar-refractivity contribution in [3.8, 4) is 6.07 Å². The minimum atomic E-state index is -0.185. The molecule has 1 aliphatic rings. The van der Waals surface area contributed by atoms with E-state index in [9.17, 15) is 5.26 Å². The molecule has 0 aliphatic carbocycles. The van der Waals surface area contributed by atoms with E-state index in [0.717, 1.165) is 48.2 Å². The van der Waals surface area contributed by atoms with Gasteiger partial charge in [0.25, 0.3) is 0 Å². The standard InChI is InChI=1S/C25H33N5/c1-5-6-7-8-11-19-17(2)20(14-26)23-28-21-12-9-10-13-22(21)30(23)24(19)29-15-18(16-29)25(3,4)27/h9-10,12-13,18H,5-8,11,15-16,27H2,1-4H3. The van der Waals surface area contributed by atoms with Gasteiger partial charge in [-0.15, -0.1) is 0 Å². The highest BCUT2D eigenvalue weighted by Crippen LogP contribution is 2.38. The second-order valence-corrected chi connectivity index (χ2v) is 9.41. The lowest BCUT2D eigenvalue weighted by Crippen LogP contribution is -2.60. The highest BCUT2D eigenvalue weighted by atomic mass is 15.3. The summed E-state index contributed by atoms with van der Waals surface area (Å²) < 4.78 is 2.23. The number of para-hydroxylation sites is 2. The number of hydrogen-bond donors (Lipinski definition) is 1. The van der Waals surface area contributed by atoms with Gasteiger partial charge in [-0.25, -0.2) is 4.98 Å². The van der Waals surface area contributed by atoms with Gasteiger partial charge < -0.3 is 10.6 Å². The third kappa shape index (κ3) is 3.44. The van der Waals surface area contributed by atoms with Crippen LogP contribution in [0, 0.1) is 24.2 Å². The van der Waals surface area contributed by atoms with Crippen molar-refractivity contribution in [2.75, 3.05) is 18.0 Å². The summed E-state index contributed by atoms with van der Waals surface area (Å²) in [7, 11) is 0. The first-order chi connectivity index (χ1) is 14.4. The molecule has 3 heterocycles. The molecule has 0 atom stereocenters. The summed E-state index contributed by atoms with van der Waals surface area (Å²) in [4.78, 5) is 7.30. The molecule has 0 saturated carbocycles. The molecule has 3 aromatic rings. The van der Waals surface area contributed by atoms with E-state index in [4.69, 9.17) is 10.7 Å². The zero-order chi connectivity index (χ0) is 21.5. The van der Waals surface area contributed by atoms with Gasteiger partial charge in [-0.2, -0.15) is 5.26 Å². The molecule has 0 radical (unpaired) electrons. The quantitative estimate of drug-likeness (QED) is 0.566. The van der Waals surface area contributed by atoms with Crippen LogP contribution in [0.3, 0.4) is 0 Å². The van der Waals surface area contributed by atoms with E-state index >= 15 is 0 Å². The first-order valence-corrected chi connectivity index (χ1v) is 11.2. The van der Waals surface area contributed by atoms with Gasteiger partial charge in [-0.3, -0.25) is 4.40 Å². The molecule has 0 amide bonds. The van der Waals surface area contributed by atoms with Gasteiger partial charge in [0.1, 0.15) is 11.9 Å². The number of aromatic nitrogens is 2. The van der Waals surface area contributed by atoms with Crippen LogP contribution in [0.25, 0.3) is 16.7 Å². The predicted octanol–water partition coefficient (Wildman–Crippen LogP) is 4.96. The molecule has 5 heteroatoms. The Labute approximate surface area is 179 Å². The number of nitrogens with two attached hydrogens (primary N) is 1. The van der Waals surface area contributed by atoms with Crippen LogP contribution in [0.15, 0.2) is 24.3 Å². The first-order valence-electron chi connectivity index (χ1n) is 11.2. The zero-order valence-electron chi connectivity index (χ0n) is 18.7. The molecule has 5 nitrogen and oxygen atoms in total. The predicted molar refractivity (Wildman–Crippen MR) is 124 cm³/mol. The second-order valence-electron chi connectivity index (χ2n) is 9.41. The summed E-state index contributed by atoms with van der Waals surface area (Å²) in [5.74, 6) is 1.68. The molecule has 2 N–H and O–H groups in total. The summed E-state index contributed by atoms with van der Waals surface area (Å²) in [5, 5.41) is 9.99. The van der Waals surface area contributed by atoms with Gasteiger partial charge in [-0.1, -0.05) is 38.3 Å². The maximum Gasteiger partial charge on any atom is 0.157 e. The van der Waals surface area contributed by atoms with Crippen molar-refractivity contribution < 1.29 is 0 Å². The summed E-state index contributed by atoms with van der Waals surface area (Å²) in [6.07, 6.45) is 5.83. The highest BCUT2D eigenvalue weighted by molar-refractivity contribution is 5.86. The van der Waals surface area contributed by atoms with Crippen LogP contribution in [-0.2, 0) is 6.42 Å². The topological polar surface area (TPSA) is 70.4 Å². The first kappa shape index (κ1) is 20.7. The number of fused-ring (bicyclic) bond motifs is 3. The summed E-state index contributed by atoms with van der Waals surface area (Å²) >= 11 is 0. The minimum Gasteiger partial charge on any atom is -0.357 e. The van der Waals surface area contributed by atoms with Crippen LogP contribution in [0.2, 0.25) is 0 Å². The molecule has 158 valence electrons. The summed E-state index contributed by atoms with van der Waals surface area (Å²) in [6.45, 7) is 10.5. The van der Waals surface area contributed by atoms with E-state index in [1.54, 1.807) is 0 Å². The number of nitriles is 1. The van der Waals surface area contributed by atoms with E-state index in [2.05, 4.69) is 55.2 Å². The Hall–Kier alpha value is -2.58. The van der Waals surface area contributed by atoms with Gasteiger partial charge in [0.15, 0.2) is 5.65 Å². The Morgan fingerprint density at radius 2 is 1.93 bits per heavy atom. The van der Waals surface area contributed by atoms with Gasteiger partial charge >= 0.3 is 0 Å². The SMILES string of the molecule is CCCCCCc1c(C)c(C#N)c2nc3ccccc3n2c1N1CC(C(C)(C)N)C1. The lowest BCUT2D eigenvalue weighted by atomic mass is 9.82. The van der Waals surface area contributed by atoms with Crippen molar-refractivity contribution in [1.29, 1.82) is 5.26 Å². The molecule has 0 unspecified atom stereocenters. The molecular weight excluding hydrogens is 370 g/mol. The van der Waals surface area contributed by atoms with Crippen LogP contribution in [0.1, 0.15) is 63.1 Å². The third-order valence-corrected chi connectivity index (χ3v) is 6.72. The Bertz CT molecular complexity index is 1110. The van der Waals surface area contributed by atoms with Gasteiger partial charge in [0.05, 0.1) is 16.6 Å². The fourth-order valence-electron chi connectivity index (χ4n) is 4.65. The lowest BCUT2D eigenvalue weighted by molar-refractivity contribution is 0.260. The number of nitrogens with zero attached hydrogens (tertiary/aromatic N) is 4. The third-order valence-electron chi connectivity index (χ3n) is 6.72. The molecule has 1 fully saturated rings. The van der Waals surface area contributed by atoms with E-state index in [1.807, 2.05) is 12.1 Å². The number of rotatable bonds is 7. The normalized spacial score (nSPS) is 15.0. The molecule has 0 spiro atoms. The average Bonchev–Trinajstić information content (AvgIpc) is 3.03. The maximum atomic E-state index is 9.99. The lowest BCUT2D eigenvalue weighted by Gasteiger charge is -2.48. The number of imidazole rings is 1. The molecule has 2 aromatic heterocycles. The van der Waals surface area contributed by atoms with E-state index in [0.29, 0.717) is 11.5 Å². The zero-order valence-corrected chi connectivity index (χ0v) is 18.7. The largest absolute Gasteiger partial charge is 0.357 e. The molecular formula is C25H33N5. The van der Waals surface area contributed by atoms with Crippen molar-refractivity contribution in [3.63, 3.8) is 0 Å². The van der Waals surface area contributed by atoms with E-state index in [1.165, 1.54) is 30.6 Å². The van der Waals surface area contributed by atoms with E-state index in [-0.39, 0.29) is 5.54 Å². The minimum absolute atomic E-state index is 0.185. The maximum absolute atomic E-state index is 9.99. The number of anilines is 1.